The summed E-state index contributed by atoms with van der Waals surface area (Å²) < 4.78 is 27.9. The SMILES string of the molecule is Cc1ccc(C(=O)NC(C)c2cccc(S(N)(=O)=O)c2)o1. The van der Waals surface area contributed by atoms with Crippen molar-refractivity contribution in [2.75, 3.05) is 0 Å². The number of amides is 1. The maximum absolute atomic E-state index is 12.0. The van der Waals surface area contributed by atoms with Crippen LogP contribution in [0.25, 0.3) is 0 Å². The number of benzene rings is 1. The predicted molar refractivity (Wildman–Crippen MR) is 77.1 cm³/mol. The van der Waals surface area contributed by atoms with Gasteiger partial charge in [0.25, 0.3) is 5.91 Å². The van der Waals surface area contributed by atoms with Crippen LogP contribution in [-0.2, 0) is 10.0 Å². The van der Waals surface area contributed by atoms with E-state index in [1.807, 2.05) is 0 Å². The van der Waals surface area contributed by atoms with Gasteiger partial charge in [-0.15, -0.1) is 0 Å². The highest BCUT2D eigenvalue weighted by atomic mass is 32.2. The Morgan fingerprint density at radius 1 is 1.29 bits per heavy atom. The summed E-state index contributed by atoms with van der Waals surface area (Å²) in [6.07, 6.45) is 0. The van der Waals surface area contributed by atoms with Crippen LogP contribution in [0.5, 0.6) is 0 Å². The van der Waals surface area contributed by atoms with Gasteiger partial charge in [0.15, 0.2) is 5.76 Å². The molecule has 6 nitrogen and oxygen atoms in total. The fourth-order valence-corrected chi connectivity index (χ4v) is 2.44. The van der Waals surface area contributed by atoms with E-state index in [-0.39, 0.29) is 22.6 Å². The first-order valence-electron chi connectivity index (χ1n) is 6.27. The van der Waals surface area contributed by atoms with Gasteiger partial charge >= 0.3 is 0 Å². The van der Waals surface area contributed by atoms with Crippen molar-refractivity contribution < 1.29 is 17.6 Å². The summed E-state index contributed by atoms with van der Waals surface area (Å²) in [5.41, 5.74) is 0.637. The Balaban J connectivity index is 2.17. The van der Waals surface area contributed by atoms with Crippen molar-refractivity contribution in [1.82, 2.24) is 5.32 Å². The van der Waals surface area contributed by atoms with Crippen molar-refractivity contribution in [3.05, 3.63) is 53.5 Å². The summed E-state index contributed by atoms with van der Waals surface area (Å²) in [5.74, 6) is 0.489. The zero-order valence-corrected chi connectivity index (χ0v) is 12.5. The van der Waals surface area contributed by atoms with E-state index < -0.39 is 10.0 Å². The molecule has 0 fully saturated rings. The van der Waals surface area contributed by atoms with E-state index in [1.165, 1.54) is 12.1 Å². The fourth-order valence-electron chi connectivity index (χ4n) is 1.87. The first kappa shape index (κ1) is 15.3. The molecule has 1 heterocycles. The van der Waals surface area contributed by atoms with Crippen LogP contribution < -0.4 is 10.5 Å². The number of furan rings is 1. The molecular weight excluding hydrogens is 292 g/mol. The maximum Gasteiger partial charge on any atom is 0.287 e. The molecule has 0 bridgehead atoms. The van der Waals surface area contributed by atoms with Crippen LogP contribution in [-0.4, -0.2) is 14.3 Å². The number of hydrogen-bond acceptors (Lipinski definition) is 4. The lowest BCUT2D eigenvalue weighted by atomic mass is 10.1. The van der Waals surface area contributed by atoms with Gasteiger partial charge in [-0.25, -0.2) is 13.6 Å². The smallest absolute Gasteiger partial charge is 0.287 e. The topological polar surface area (TPSA) is 102 Å². The summed E-state index contributed by atoms with van der Waals surface area (Å²) in [4.78, 5) is 12.0. The number of hydrogen-bond donors (Lipinski definition) is 2. The third-order valence-corrected chi connectivity index (χ3v) is 3.91. The standard InChI is InChI=1S/C14H16N2O4S/c1-9-6-7-13(20-9)14(17)16-10(2)11-4-3-5-12(8-11)21(15,18)19/h3-8,10H,1-2H3,(H,16,17)(H2,15,18,19). The molecule has 0 radical (unpaired) electrons. The predicted octanol–water partition coefficient (Wildman–Crippen LogP) is 1.73. The molecule has 0 aliphatic heterocycles. The molecule has 0 aliphatic rings. The molecular formula is C14H16N2O4S. The van der Waals surface area contributed by atoms with Gasteiger partial charge in [-0.05, 0) is 43.7 Å². The van der Waals surface area contributed by atoms with Gasteiger partial charge in [-0.2, -0.15) is 0 Å². The summed E-state index contributed by atoms with van der Waals surface area (Å²) in [7, 11) is -3.77. The van der Waals surface area contributed by atoms with Gasteiger partial charge in [0.05, 0.1) is 10.9 Å². The van der Waals surface area contributed by atoms with Crippen molar-refractivity contribution >= 4 is 15.9 Å². The number of sulfonamides is 1. The minimum Gasteiger partial charge on any atom is -0.456 e. The molecule has 0 saturated carbocycles. The van der Waals surface area contributed by atoms with Crippen molar-refractivity contribution in [2.45, 2.75) is 24.8 Å². The van der Waals surface area contributed by atoms with Gasteiger partial charge in [0.2, 0.25) is 10.0 Å². The largest absolute Gasteiger partial charge is 0.456 e. The molecule has 0 spiro atoms. The van der Waals surface area contributed by atoms with E-state index in [2.05, 4.69) is 5.32 Å². The van der Waals surface area contributed by atoms with Crippen LogP contribution in [0.4, 0.5) is 0 Å². The molecule has 112 valence electrons. The number of nitrogens with one attached hydrogen (secondary N) is 1. The molecule has 1 atom stereocenters. The van der Waals surface area contributed by atoms with Gasteiger partial charge in [-0.3, -0.25) is 4.79 Å². The van der Waals surface area contributed by atoms with E-state index in [0.717, 1.165) is 0 Å². The highest BCUT2D eigenvalue weighted by Gasteiger charge is 2.16. The molecule has 2 rings (SSSR count). The first-order valence-corrected chi connectivity index (χ1v) is 7.82. The van der Waals surface area contributed by atoms with Crippen LogP contribution in [0.15, 0.2) is 45.7 Å². The minimum absolute atomic E-state index is 0.00921. The molecule has 0 aliphatic carbocycles. The van der Waals surface area contributed by atoms with E-state index >= 15 is 0 Å². The number of primary sulfonamides is 1. The molecule has 0 saturated heterocycles. The van der Waals surface area contributed by atoms with Gasteiger partial charge in [0.1, 0.15) is 5.76 Å². The monoisotopic (exact) mass is 308 g/mol. The third kappa shape index (κ3) is 3.71. The number of carbonyl (C=O) groups is 1. The lowest BCUT2D eigenvalue weighted by molar-refractivity contribution is 0.0910. The molecule has 3 N–H and O–H groups in total. The van der Waals surface area contributed by atoms with Crippen molar-refractivity contribution in [3.8, 4) is 0 Å². The van der Waals surface area contributed by atoms with Crippen molar-refractivity contribution in [3.63, 3.8) is 0 Å². The van der Waals surface area contributed by atoms with Crippen molar-refractivity contribution in [1.29, 1.82) is 0 Å². The number of aryl methyl sites for hydroxylation is 1. The number of rotatable bonds is 4. The molecule has 2 aromatic rings. The molecule has 1 unspecified atom stereocenters. The normalized spacial score (nSPS) is 12.9. The summed E-state index contributed by atoms with van der Waals surface area (Å²) >= 11 is 0. The van der Waals surface area contributed by atoms with Crippen LogP contribution in [0.2, 0.25) is 0 Å². The quantitative estimate of drug-likeness (QED) is 0.897. The molecule has 7 heteroatoms. The van der Waals surface area contributed by atoms with Crippen LogP contribution in [0.3, 0.4) is 0 Å². The van der Waals surface area contributed by atoms with Crippen LogP contribution in [0, 0.1) is 6.92 Å². The average molecular weight is 308 g/mol. The molecule has 1 aromatic heterocycles. The number of carbonyl (C=O) groups excluding carboxylic acids is 1. The van der Waals surface area contributed by atoms with Crippen molar-refractivity contribution in [2.24, 2.45) is 5.14 Å². The lowest BCUT2D eigenvalue weighted by Gasteiger charge is -2.14. The summed E-state index contributed by atoms with van der Waals surface area (Å²) in [5, 5.41) is 7.83. The Kier molecular flexibility index (Phi) is 4.15. The van der Waals surface area contributed by atoms with Crippen LogP contribution in [0.1, 0.15) is 34.8 Å². The van der Waals surface area contributed by atoms with Crippen LogP contribution >= 0.6 is 0 Å². The Bertz CT molecular complexity index is 765. The first-order chi connectivity index (χ1) is 9.77. The Labute approximate surface area is 123 Å². The Morgan fingerprint density at radius 2 is 2.00 bits per heavy atom. The van der Waals surface area contributed by atoms with E-state index in [0.29, 0.717) is 11.3 Å². The number of nitrogens with two attached hydrogens (primary N) is 1. The average Bonchev–Trinajstić information content (AvgIpc) is 2.84. The summed E-state index contributed by atoms with van der Waals surface area (Å²) in [6, 6.07) is 9.03. The zero-order valence-electron chi connectivity index (χ0n) is 11.7. The highest BCUT2D eigenvalue weighted by Crippen LogP contribution is 2.17. The fraction of sp³-hybridized carbons (Fsp3) is 0.214. The second-order valence-electron chi connectivity index (χ2n) is 4.72. The van der Waals surface area contributed by atoms with Gasteiger partial charge < -0.3 is 9.73 Å². The minimum atomic E-state index is -3.77. The Morgan fingerprint density at radius 3 is 2.57 bits per heavy atom. The zero-order chi connectivity index (χ0) is 15.6. The van der Waals surface area contributed by atoms with E-state index in [1.54, 1.807) is 38.1 Å². The lowest BCUT2D eigenvalue weighted by Crippen LogP contribution is -2.26. The highest BCUT2D eigenvalue weighted by molar-refractivity contribution is 7.89. The second-order valence-corrected chi connectivity index (χ2v) is 6.28. The van der Waals surface area contributed by atoms with Gasteiger partial charge in [-0.1, -0.05) is 12.1 Å². The maximum atomic E-state index is 12.0. The van der Waals surface area contributed by atoms with E-state index in [9.17, 15) is 13.2 Å². The Hall–Kier alpha value is -2.12. The van der Waals surface area contributed by atoms with E-state index in [4.69, 9.17) is 9.56 Å². The second kappa shape index (κ2) is 5.71. The molecule has 21 heavy (non-hydrogen) atoms. The molecule has 1 amide bonds. The van der Waals surface area contributed by atoms with Gasteiger partial charge in [0, 0.05) is 0 Å². The third-order valence-electron chi connectivity index (χ3n) is 3.00. The summed E-state index contributed by atoms with van der Waals surface area (Å²) in [6.45, 7) is 3.49. The molecule has 1 aromatic carbocycles.